The highest BCUT2D eigenvalue weighted by atomic mass is 15.5. The molecule has 36 heavy (non-hydrogen) atoms. The molecule has 0 aromatic carbocycles. The summed E-state index contributed by atoms with van der Waals surface area (Å²) in [5, 5.41) is 9.86. The van der Waals surface area contributed by atoms with Crippen LogP contribution >= 0.6 is 0 Å². The van der Waals surface area contributed by atoms with Crippen LogP contribution < -0.4 is 5.32 Å². The average Bonchev–Trinajstić information content (AvgIpc) is 3.09. The van der Waals surface area contributed by atoms with Crippen LogP contribution in [0.3, 0.4) is 0 Å². The van der Waals surface area contributed by atoms with E-state index >= 15 is 0 Å². The highest BCUT2D eigenvalue weighted by molar-refractivity contribution is 6.34. The standard InChI is InChI=1S/C29H51BN6/c1-3-13-28-29(31-24-32-34(28)2)33-26-16-18-27(19-17-26)35-20-10-11-22-36(23-12-21-35)30-25-14-8-6-4-5-7-9-15-25/h3,13,24-27,30H,1,4-12,14-23H2,2H3,(H,31,32,33)/b28-13-. The van der Waals surface area contributed by atoms with Gasteiger partial charge >= 0.3 is 0 Å². The smallest absolute Gasteiger partial charge is 0.207 e. The number of likely N-dealkylation sites (N-methyl/N-ethyl adjacent to an activating group) is 1. The fourth-order valence-corrected chi connectivity index (χ4v) is 6.82. The molecular weight excluding hydrogens is 443 g/mol. The molecule has 0 spiro atoms. The van der Waals surface area contributed by atoms with Gasteiger partial charge in [-0.2, -0.15) is 5.10 Å². The topological polar surface area (TPSA) is 46.5 Å². The molecule has 0 aromatic heterocycles. The second-order valence-electron chi connectivity index (χ2n) is 11.6. The van der Waals surface area contributed by atoms with Crippen LogP contribution in [0, 0.1) is 0 Å². The SMILES string of the molecule is C=C/C=C1/C(NC2CCC(N3CCCCN(BC4CCCCCCCC4)CCC3)CC2)=NC=NN1C. The Morgan fingerprint density at radius 2 is 1.53 bits per heavy atom. The van der Waals surface area contributed by atoms with E-state index in [0.29, 0.717) is 6.04 Å². The third-order valence-corrected chi connectivity index (χ3v) is 8.91. The summed E-state index contributed by atoms with van der Waals surface area (Å²) in [5.41, 5.74) is 0.995. The lowest BCUT2D eigenvalue weighted by Gasteiger charge is -2.38. The molecule has 1 saturated heterocycles. The summed E-state index contributed by atoms with van der Waals surface area (Å²) in [6.07, 6.45) is 26.3. The number of rotatable bonds is 5. The number of aliphatic imine (C=N–C) groups is 1. The number of hydrogen-bond acceptors (Lipinski definition) is 6. The summed E-state index contributed by atoms with van der Waals surface area (Å²) in [7, 11) is 3.33. The maximum Gasteiger partial charge on any atom is 0.207 e. The number of hydrazone groups is 1. The van der Waals surface area contributed by atoms with Gasteiger partial charge in [0.2, 0.25) is 7.41 Å². The van der Waals surface area contributed by atoms with E-state index in [-0.39, 0.29) is 0 Å². The van der Waals surface area contributed by atoms with Crippen molar-refractivity contribution in [2.45, 2.75) is 114 Å². The fourth-order valence-electron chi connectivity index (χ4n) is 6.82. The minimum atomic E-state index is 0.495. The van der Waals surface area contributed by atoms with Crippen molar-refractivity contribution in [3.05, 3.63) is 24.4 Å². The Bertz CT molecular complexity index is 747. The van der Waals surface area contributed by atoms with Crippen LogP contribution in [0.5, 0.6) is 0 Å². The normalized spacial score (nSPS) is 29.8. The van der Waals surface area contributed by atoms with E-state index in [1.807, 2.05) is 24.2 Å². The van der Waals surface area contributed by atoms with Gasteiger partial charge in [0.05, 0.1) is 0 Å². The highest BCUT2D eigenvalue weighted by Gasteiger charge is 2.28. The minimum Gasteiger partial charge on any atom is -0.366 e. The molecule has 2 saturated carbocycles. The Morgan fingerprint density at radius 3 is 2.28 bits per heavy atom. The van der Waals surface area contributed by atoms with Crippen molar-refractivity contribution < 1.29 is 0 Å². The molecule has 0 atom stereocenters. The van der Waals surface area contributed by atoms with E-state index in [4.69, 9.17) is 0 Å². The van der Waals surface area contributed by atoms with E-state index in [2.05, 4.69) is 31.7 Å². The summed E-state index contributed by atoms with van der Waals surface area (Å²) in [6, 6.07) is 1.25. The average molecular weight is 495 g/mol. The molecule has 200 valence electrons. The molecule has 7 heteroatoms. The molecule has 1 N–H and O–H groups in total. The number of hydrogen-bond donors (Lipinski definition) is 1. The quantitative estimate of drug-likeness (QED) is 0.527. The molecule has 2 aliphatic heterocycles. The predicted octanol–water partition coefficient (Wildman–Crippen LogP) is 5.31. The largest absolute Gasteiger partial charge is 0.366 e. The zero-order chi connectivity index (χ0) is 25.0. The van der Waals surface area contributed by atoms with E-state index in [1.165, 1.54) is 130 Å². The first-order chi connectivity index (χ1) is 17.7. The first-order valence-electron chi connectivity index (χ1n) is 15.1. The van der Waals surface area contributed by atoms with Gasteiger partial charge in [-0.25, -0.2) is 4.99 Å². The maximum absolute atomic E-state index is 4.52. The van der Waals surface area contributed by atoms with Crippen LogP contribution in [-0.2, 0) is 0 Å². The molecule has 2 aliphatic carbocycles. The van der Waals surface area contributed by atoms with Gasteiger partial charge in [0.15, 0.2) is 5.84 Å². The summed E-state index contributed by atoms with van der Waals surface area (Å²) < 4.78 is 0. The first kappa shape index (κ1) is 27.4. The van der Waals surface area contributed by atoms with Gasteiger partial charge in [0.1, 0.15) is 12.0 Å². The molecule has 2 heterocycles. The molecule has 6 nitrogen and oxygen atoms in total. The van der Waals surface area contributed by atoms with Gasteiger partial charge in [-0.15, -0.1) is 0 Å². The lowest BCUT2D eigenvalue weighted by Crippen LogP contribution is -2.46. The molecule has 0 unspecified atom stereocenters. The number of nitrogens with one attached hydrogen (secondary N) is 1. The summed E-state index contributed by atoms with van der Waals surface area (Å²) in [6.45, 7) is 9.05. The van der Waals surface area contributed by atoms with E-state index < -0.39 is 0 Å². The zero-order valence-corrected chi connectivity index (χ0v) is 23.0. The lowest BCUT2D eigenvalue weighted by molar-refractivity contribution is 0.144. The molecule has 4 aliphatic rings. The van der Waals surface area contributed by atoms with Crippen molar-refractivity contribution in [2.24, 2.45) is 10.1 Å². The van der Waals surface area contributed by atoms with Crippen LogP contribution in [0.25, 0.3) is 0 Å². The van der Waals surface area contributed by atoms with Crippen LogP contribution in [0.1, 0.15) is 96.3 Å². The van der Waals surface area contributed by atoms with Crippen LogP contribution in [0.4, 0.5) is 0 Å². The number of amidine groups is 1. The summed E-state index contributed by atoms with van der Waals surface area (Å²) in [5.74, 6) is 1.88. The number of nitrogens with zero attached hydrogens (tertiary/aromatic N) is 5. The Hall–Kier alpha value is -1.60. The minimum absolute atomic E-state index is 0.495. The Balaban J connectivity index is 1.21. The van der Waals surface area contributed by atoms with Gasteiger partial charge in [0, 0.05) is 19.1 Å². The van der Waals surface area contributed by atoms with Crippen LogP contribution in [-0.4, -0.2) is 79.6 Å². The van der Waals surface area contributed by atoms with Gasteiger partial charge in [-0.1, -0.05) is 69.8 Å². The van der Waals surface area contributed by atoms with Crippen molar-refractivity contribution in [1.82, 2.24) is 20.0 Å². The Morgan fingerprint density at radius 1 is 0.861 bits per heavy atom. The van der Waals surface area contributed by atoms with E-state index in [1.54, 1.807) is 6.34 Å². The van der Waals surface area contributed by atoms with Gasteiger partial charge < -0.3 is 15.0 Å². The van der Waals surface area contributed by atoms with Gasteiger partial charge in [-0.3, -0.25) is 5.01 Å². The summed E-state index contributed by atoms with van der Waals surface area (Å²) in [4.78, 5) is 10.2. The van der Waals surface area contributed by atoms with Gasteiger partial charge in [-0.05, 0) is 77.2 Å². The summed E-state index contributed by atoms with van der Waals surface area (Å²) >= 11 is 0. The Kier molecular flexibility index (Phi) is 11.4. The molecule has 0 aromatic rings. The second-order valence-corrected chi connectivity index (χ2v) is 11.6. The lowest BCUT2D eigenvalue weighted by atomic mass is 9.68. The first-order valence-corrected chi connectivity index (χ1v) is 15.1. The second kappa shape index (κ2) is 15.0. The molecule has 0 bridgehead atoms. The number of allylic oxidation sites excluding steroid dienone is 2. The van der Waals surface area contributed by atoms with Gasteiger partial charge in [0.25, 0.3) is 0 Å². The van der Waals surface area contributed by atoms with Crippen molar-refractivity contribution >= 4 is 19.6 Å². The van der Waals surface area contributed by atoms with Crippen molar-refractivity contribution in [2.75, 3.05) is 33.2 Å². The molecule has 3 fully saturated rings. The molecule has 0 radical (unpaired) electrons. The zero-order valence-electron chi connectivity index (χ0n) is 23.0. The van der Waals surface area contributed by atoms with Crippen molar-refractivity contribution in [1.29, 1.82) is 0 Å². The predicted molar refractivity (Wildman–Crippen MR) is 156 cm³/mol. The van der Waals surface area contributed by atoms with Crippen LogP contribution in [0.2, 0.25) is 5.82 Å². The third kappa shape index (κ3) is 8.48. The Labute approximate surface area is 221 Å². The van der Waals surface area contributed by atoms with Crippen LogP contribution in [0.15, 0.2) is 34.5 Å². The third-order valence-electron chi connectivity index (χ3n) is 8.91. The van der Waals surface area contributed by atoms with Crippen molar-refractivity contribution in [3.8, 4) is 0 Å². The monoisotopic (exact) mass is 494 g/mol. The molecule has 4 rings (SSSR count). The molecular formula is C29H51BN6. The van der Waals surface area contributed by atoms with E-state index in [0.717, 1.165) is 23.4 Å². The van der Waals surface area contributed by atoms with Crippen molar-refractivity contribution in [3.63, 3.8) is 0 Å². The fraction of sp³-hybridized carbons (Fsp3) is 0.793. The highest BCUT2D eigenvalue weighted by Crippen LogP contribution is 2.28. The maximum atomic E-state index is 4.52. The molecule has 0 amide bonds. The van der Waals surface area contributed by atoms with E-state index in [9.17, 15) is 0 Å².